The van der Waals surface area contributed by atoms with Gasteiger partial charge in [0.15, 0.2) is 0 Å². The minimum absolute atomic E-state index is 0.0319. The summed E-state index contributed by atoms with van der Waals surface area (Å²) < 4.78 is 9.03. The van der Waals surface area contributed by atoms with Crippen molar-refractivity contribution in [2.75, 3.05) is 32.1 Å². The van der Waals surface area contributed by atoms with Gasteiger partial charge < -0.3 is 18.9 Å². The molecule has 0 bridgehead atoms. The van der Waals surface area contributed by atoms with Crippen LogP contribution in [-0.4, -0.2) is 69.2 Å². The fourth-order valence-corrected chi connectivity index (χ4v) is 4.43. The van der Waals surface area contributed by atoms with Gasteiger partial charge in [-0.05, 0) is 18.9 Å². The van der Waals surface area contributed by atoms with Crippen LogP contribution in [0.5, 0.6) is 0 Å². The third-order valence-electron chi connectivity index (χ3n) is 6.43. The van der Waals surface area contributed by atoms with Gasteiger partial charge in [0.2, 0.25) is 0 Å². The predicted octanol–water partition coefficient (Wildman–Crippen LogP) is 3.26. The second kappa shape index (κ2) is 9.34. The average Bonchev–Trinajstić information content (AvgIpc) is 3.62. The molecule has 1 atom stereocenters. The molecular weight excluding hydrogens is 444 g/mol. The Morgan fingerprint density at radius 3 is 2.69 bits per heavy atom. The standard InChI is InChI=1S/C26H28N6O3/c1-29(16-20-10-7-13-35-20)25(33)21-15-27-31(3)24(21)26(34)30(2)19-11-12-32-17-22(28-23(32)14-19)18-8-5-4-6-9-18/h4-6,8-9,11-12,14-15,17,20H,7,10,13,16H2,1-3H3. The molecule has 180 valence electrons. The van der Waals surface area contributed by atoms with Gasteiger partial charge in [-0.25, -0.2) is 4.98 Å². The lowest BCUT2D eigenvalue weighted by molar-refractivity contribution is 0.0585. The lowest BCUT2D eigenvalue weighted by Crippen LogP contribution is -2.36. The molecule has 0 radical (unpaired) electrons. The topological polar surface area (TPSA) is 85.0 Å². The van der Waals surface area contributed by atoms with Crippen LogP contribution >= 0.6 is 0 Å². The van der Waals surface area contributed by atoms with Gasteiger partial charge in [0.05, 0.1) is 23.6 Å². The average molecular weight is 473 g/mol. The van der Waals surface area contributed by atoms with Crippen LogP contribution in [0.2, 0.25) is 0 Å². The number of anilines is 1. The summed E-state index contributed by atoms with van der Waals surface area (Å²) in [6, 6.07) is 13.6. The van der Waals surface area contributed by atoms with Gasteiger partial charge in [-0.15, -0.1) is 0 Å². The number of hydrogen-bond donors (Lipinski definition) is 0. The van der Waals surface area contributed by atoms with Crippen LogP contribution in [0.25, 0.3) is 16.9 Å². The fourth-order valence-electron chi connectivity index (χ4n) is 4.43. The number of aromatic nitrogens is 4. The number of nitrogens with zero attached hydrogens (tertiary/aromatic N) is 6. The molecule has 9 nitrogen and oxygen atoms in total. The number of ether oxygens (including phenoxy) is 1. The van der Waals surface area contributed by atoms with Crippen molar-refractivity contribution in [3.63, 3.8) is 0 Å². The monoisotopic (exact) mass is 472 g/mol. The molecule has 1 aliphatic heterocycles. The summed E-state index contributed by atoms with van der Waals surface area (Å²) in [6.07, 6.45) is 7.25. The number of carbonyl (C=O) groups excluding carboxylic acids is 2. The zero-order valence-corrected chi connectivity index (χ0v) is 20.1. The molecule has 35 heavy (non-hydrogen) atoms. The summed E-state index contributed by atoms with van der Waals surface area (Å²) in [5, 5.41) is 4.21. The smallest absolute Gasteiger partial charge is 0.277 e. The third kappa shape index (κ3) is 4.42. The first kappa shape index (κ1) is 22.8. The minimum atomic E-state index is -0.321. The normalized spacial score (nSPS) is 15.5. The molecule has 4 aromatic rings. The maximum absolute atomic E-state index is 13.5. The molecule has 5 rings (SSSR count). The number of benzene rings is 1. The summed E-state index contributed by atoms with van der Waals surface area (Å²) in [5.41, 5.74) is 3.78. The first-order valence-electron chi connectivity index (χ1n) is 11.6. The first-order valence-corrected chi connectivity index (χ1v) is 11.6. The van der Waals surface area contributed by atoms with E-state index < -0.39 is 0 Å². The zero-order valence-electron chi connectivity index (χ0n) is 20.1. The Labute approximate surface area is 203 Å². The molecule has 3 aromatic heterocycles. The van der Waals surface area contributed by atoms with E-state index in [9.17, 15) is 9.59 Å². The fraction of sp³-hybridized carbons (Fsp3) is 0.308. The molecule has 1 aromatic carbocycles. The summed E-state index contributed by atoms with van der Waals surface area (Å²) >= 11 is 0. The number of carbonyl (C=O) groups is 2. The molecule has 2 amide bonds. The molecule has 0 N–H and O–H groups in total. The van der Waals surface area contributed by atoms with E-state index >= 15 is 0 Å². The van der Waals surface area contributed by atoms with Gasteiger partial charge in [0.1, 0.15) is 11.3 Å². The van der Waals surface area contributed by atoms with Gasteiger partial charge in [0, 0.05) is 64.0 Å². The van der Waals surface area contributed by atoms with Crippen LogP contribution in [0.15, 0.2) is 61.1 Å². The van der Waals surface area contributed by atoms with Crippen LogP contribution in [-0.2, 0) is 11.8 Å². The molecule has 1 saturated heterocycles. The first-order chi connectivity index (χ1) is 16.9. The van der Waals surface area contributed by atoms with Gasteiger partial charge in [-0.2, -0.15) is 5.10 Å². The SMILES string of the molecule is CN(CC1CCCO1)C(=O)c1cnn(C)c1C(=O)N(C)c1ccn2cc(-c3ccccc3)nc2c1. The van der Waals surface area contributed by atoms with Crippen LogP contribution in [0.3, 0.4) is 0 Å². The highest BCUT2D eigenvalue weighted by Gasteiger charge is 2.29. The van der Waals surface area contributed by atoms with Gasteiger partial charge in [-0.3, -0.25) is 14.3 Å². The number of rotatable bonds is 6. The highest BCUT2D eigenvalue weighted by molar-refractivity contribution is 6.12. The number of fused-ring (bicyclic) bond motifs is 1. The van der Waals surface area contributed by atoms with Crippen molar-refractivity contribution in [3.05, 3.63) is 72.3 Å². The second-order valence-corrected chi connectivity index (χ2v) is 8.86. The van der Waals surface area contributed by atoms with Gasteiger partial charge in [0.25, 0.3) is 11.8 Å². The van der Waals surface area contributed by atoms with Crippen molar-refractivity contribution < 1.29 is 14.3 Å². The minimum Gasteiger partial charge on any atom is -0.376 e. The van der Waals surface area contributed by atoms with Crippen LogP contribution in [0.1, 0.15) is 33.7 Å². The van der Waals surface area contributed by atoms with Crippen LogP contribution < -0.4 is 4.90 Å². The Kier molecular flexibility index (Phi) is 6.08. The Balaban J connectivity index is 1.39. The van der Waals surface area contributed by atoms with Crippen LogP contribution in [0.4, 0.5) is 5.69 Å². The maximum Gasteiger partial charge on any atom is 0.277 e. The number of aryl methyl sites for hydroxylation is 1. The number of hydrogen-bond acceptors (Lipinski definition) is 5. The Bertz CT molecular complexity index is 1370. The zero-order chi connectivity index (χ0) is 24.5. The molecule has 0 saturated carbocycles. The lowest BCUT2D eigenvalue weighted by atomic mass is 10.1. The highest BCUT2D eigenvalue weighted by Crippen LogP contribution is 2.24. The number of likely N-dealkylation sites (N-methyl/N-ethyl adjacent to an activating group) is 1. The summed E-state index contributed by atoms with van der Waals surface area (Å²) in [5.74, 6) is -0.570. The Morgan fingerprint density at radius 2 is 1.94 bits per heavy atom. The van der Waals surface area contributed by atoms with E-state index in [0.717, 1.165) is 36.4 Å². The van der Waals surface area contributed by atoms with Crippen LogP contribution in [0, 0.1) is 0 Å². The van der Waals surface area contributed by atoms with E-state index in [4.69, 9.17) is 9.72 Å². The van der Waals surface area contributed by atoms with Crippen molar-refractivity contribution in [2.45, 2.75) is 18.9 Å². The van der Waals surface area contributed by atoms with Crippen molar-refractivity contribution >= 4 is 23.1 Å². The van der Waals surface area contributed by atoms with E-state index in [-0.39, 0.29) is 29.2 Å². The molecule has 0 spiro atoms. The molecular formula is C26H28N6O3. The summed E-state index contributed by atoms with van der Waals surface area (Å²) in [7, 11) is 5.08. The maximum atomic E-state index is 13.5. The largest absolute Gasteiger partial charge is 0.376 e. The number of amides is 2. The molecule has 1 aliphatic rings. The van der Waals surface area contributed by atoms with Gasteiger partial charge >= 0.3 is 0 Å². The Hall–Kier alpha value is -3.98. The van der Waals surface area contributed by atoms with Crippen molar-refractivity contribution in [3.8, 4) is 11.3 Å². The van der Waals surface area contributed by atoms with Gasteiger partial charge in [-0.1, -0.05) is 30.3 Å². The molecule has 1 unspecified atom stereocenters. The third-order valence-corrected chi connectivity index (χ3v) is 6.43. The Morgan fingerprint density at radius 1 is 1.14 bits per heavy atom. The number of imidazole rings is 1. The number of pyridine rings is 1. The molecule has 1 fully saturated rings. The second-order valence-electron chi connectivity index (χ2n) is 8.86. The van der Waals surface area contributed by atoms with E-state index in [1.54, 1.807) is 26.0 Å². The molecule has 9 heteroatoms. The van der Waals surface area contributed by atoms with E-state index in [0.29, 0.717) is 12.2 Å². The van der Waals surface area contributed by atoms with E-state index in [1.165, 1.54) is 15.8 Å². The van der Waals surface area contributed by atoms with E-state index in [2.05, 4.69) is 5.10 Å². The van der Waals surface area contributed by atoms with E-state index in [1.807, 2.05) is 59.3 Å². The van der Waals surface area contributed by atoms with Crippen molar-refractivity contribution in [1.29, 1.82) is 0 Å². The summed E-state index contributed by atoms with van der Waals surface area (Å²) in [4.78, 5) is 34.5. The van der Waals surface area contributed by atoms with Crippen molar-refractivity contribution in [2.24, 2.45) is 7.05 Å². The lowest BCUT2D eigenvalue weighted by Gasteiger charge is -2.22. The quantitative estimate of drug-likeness (QED) is 0.430. The molecule has 0 aliphatic carbocycles. The predicted molar refractivity (Wildman–Crippen MR) is 133 cm³/mol. The van der Waals surface area contributed by atoms with Crippen molar-refractivity contribution in [1.82, 2.24) is 24.1 Å². The summed E-state index contributed by atoms with van der Waals surface area (Å²) in [6.45, 7) is 1.21. The highest BCUT2D eigenvalue weighted by atomic mass is 16.5. The molecule has 4 heterocycles.